The van der Waals surface area contributed by atoms with Crippen LogP contribution < -0.4 is 5.32 Å². The average molecular weight is 324 g/mol. The molecule has 2 aromatic rings. The summed E-state index contributed by atoms with van der Waals surface area (Å²) in [7, 11) is 4.08. The van der Waals surface area contributed by atoms with E-state index in [0.29, 0.717) is 13.0 Å². The number of aryl methyl sites for hydroxylation is 2. The molecule has 3 nitrogen and oxygen atoms in total. The number of hydrogen-bond donors (Lipinski definition) is 1. The lowest BCUT2D eigenvalue weighted by Gasteiger charge is -2.25. The molecule has 1 N–H and O–H groups in total. The van der Waals surface area contributed by atoms with E-state index in [2.05, 4.69) is 53.5 Å². The highest BCUT2D eigenvalue weighted by atomic mass is 16.1. The lowest BCUT2D eigenvalue weighted by molar-refractivity contribution is -0.121. The van der Waals surface area contributed by atoms with Gasteiger partial charge in [0, 0.05) is 13.0 Å². The number of likely N-dealkylation sites (N-methyl/N-ethyl adjacent to an activating group) is 1. The van der Waals surface area contributed by atoms with E-state index in [0.717, 1.165) is 12.8 Å². The van der Waals surface area contributed by atoms with E-state index in [9.17, 15) is 4.79 Å². The maximum Gasteiger partial charge on any atom is 0.220 e. The minimum absolute atomic E-state index is 0.109. The van der Waals surface area contributed by atoms with E-state index in [-0.39, 0.29) is 11.9 Å². The fourth-order valence-electron chi connectivity index (χ4n) is 2.77. The van der Waals surface area contributed by atoms with Gasteiger partial charge in [-0.2, -0.15) is 0 Å². The van der Waals surface area contributed by atoms with E-state index >= 15 is 0 Å². The zero-order valence-electron chi connectivity index (χ0n) is 15.0. The van der Waals surface area contributed by atoms with Crippen LogP contribution in [0.5, 0.6) is 0 Å². The maximum atomic E-state index is 12.2. The predicted molar refractivity (Wildman–Crippen MR) is 100 cm³/mol. The molecule has 1 unspecified atom stereocenters. The number of hydrogen-bond acceptors (Lipinski definition) is 2. The second kappa shape index (κ2) is 9.24. The van der Waals surface area contributed by atoms with Gasteiger partial charge in [-0.3, -0.25) is 4.79 Å². The molecule has 0 spiro atoms. The van der Waals surface area contributed by atoms with Crippen LogP contribution in [0, 0.1) is 0 Å². The number of carbonyl (C=O) groups excluding carboxylic acids is 1. The van der Waals surface area contributed by atoms with Crippen LogP contribution in [0.2, 0.25) is 0 Å². The van der Waals surface area contributed by atoms with Crippen molar-refractivity contribution in [1.82, 2.24) is 10.2 Å². The molecule has 0 saturated carbocycles. The molecule has 0 aliphatic rings. The second-order valence-electron chi connectivity index (χ2n) is 6.36. The van der Waals surface area contributed by atoms with Crippen LogP contribution in [0.1, 0.15) is 36.1 Å². The van der Waals surface area contributed by atoms with Gasteiger partial charge in [0.15, 0.2) is 0 Å². The molecule has 0 bridgehead atoms. The monoisotopic (exact) mass is 324 g/mol. The van der Waals surface area contributed by atoms with E-state index in [1.807, 2.05) is 32.3 Å². The van der Waals surface area contributed by atoms with Crippen molar-refractivity contribution in [3.05, 3.63) is 71.3 Å². The summed E-state index contributed by atoms with van der Waals surface area (Å²) in [5.41, 5.74) is 3.77. The molecule has 0 radical (unpaired) electrons. The first-order valence-electron chi connectivity index (χ1n) is 8.66. The molecule has 0 aliphatic heterocycles. The van der Waals surface area contributed by atoms with Gasteiger partial charge >= 0.3 is 0 Å². The first-order chi connectivity index (χ1) is 11.6. The Morgan fingerprint density at radius 2 is 1.62 bits per heavy atom. The van der Waals surface area contributed by atoms with Gasteiger partial charge in [0.2, 0.25) is 5.91 Å². The van der Waals surface area contributed by atoms with Gasteiger partial charge in [-0.05, 0) is 43.6 Å². The van der Waals surface area contributed by atoms with E-state index in [1.165, 1.54) is 16.7 Å². The first-order valence-corrected chi connectivity index (χ1v) is 8.66. The van der Waals surface area contributed by atoms with Crippen LogP contribution >= 0.6 is 0 Å². The van der Waals surface area contributed by atoms with Gasteiger partial charge in [-0.1, -0.05) is 61.5 Å². The van der Waals surface area contributed by atoms with Gasteiger partial charge < -0.3 is 10.2 Å². The SMILES string of the molecule is CCc1ccc(CCC(=O)NCC(c2ccccc2)N(C)C)cc1. The third-order valence-electron chi connectivity index (χ3n) is 4.37. The molecule has 0 heterocycles. The second-order valence-corrected chi connectivity index (χ2v) is 6.36. The first kappa shape index (κ1) is 18.2. The Morgan fingerprint density at radius 3 is 2.21 bits per heavy atom. The number of rotatable bonds is 8. The third kappa shape index (κ3) is 5.50. The maximum absolute atomic E-state index is 12.2. The van der Waals surface area contributed by atoms with Crippen molar-refractivity contribution < 1.29 is 4.79 Å². The Hall–Kier alpha value is -2.13. The molecule has 24 heavy (non-hydrogen) atoms. The molecule has 1 atom stereocenters. The number of nitrogens with zero attached hydrogens (tertiary/aromatic N) is 1. The summed E-state index contributed by atoms with van der Waals surface area (Å²) in [5, 5.41) is 3.07. The van der Waals surface area contributed by atoms with Crippen molar-refractivity contribution in [2.45, 2.75) is 32.2 Å². The van der Waals surface area contributed by atoms with Gasteiger partial charge in [-0.15, -0.1) is 0 Å². The normalized spacial score (nSPS) is 12.2. The van der Waals surface area contributed by atoms with Crippen LogP contribution in [0.15, 0.2) is 54.6 Å². The topological polar surface area (TPSA) is 32.3 Å². The lowest BCUT2D eigenvalue weighted by Crippen LogP contribution is -2.34. The van der Waals surface area contributed by atoms with E-state index in [4.69, 9.17) is 0 Å². The zero-order chi connectivity index (χ0) is 17.4. The number of benzene rings is 2. The van der Waals surface area contributed by atoms with Crippen LogP contribution in [-0.2, 0) is 17.6 Å². The van der Waals surface area contributed by atoms with Crippen molar-refractivity contribution in [2.75, 3.05) is 20.6 Å². The Morgan fingerprint density at radius 1 is 1.00 bits per heavy atom. The molecule has 0 aromatic heterocycles. The largest absolute Gasteiger partial charge is 0.354 e. The molecule has 128 valence electrons. The summed E-state index contributed by atoms with van der Waals surface area (Å²) in [6, 6.07) is 19.0. The molecule has 0 aliphatic carbocycles. The lowest BCUT2D eigenvalue weighted by atomic mass is 10.0. The highest BCUT2D eigenvalue weighted by Gasteiger charge is 2.14. The highest BCUT2D eigenvalue weighted by molar-refractivity contribution is 5.76. The Labute approximate surface area is 145 Å². The van der Waals surface area contributed by atoms with Crippen molar-refractivity contribution in [1.29, 1.82) is 0 Å². The molecule has 2 rings (SSSR count). The summed E-state index contributed by atoms with van der Waals surface area (Å²) in [6.07, 6.45) is 2.36. The summed E-state index contributed by atoms with van der Waals surface area (Å²) in [4.78, 5) is 14.3. The summed E-state index contributed by atoms with van der Waals surface area (Å²) >= 11 is 0. The van der Waals surface area contributed by atoms with Crippen molar-refractivity contribution >= 4 is 5.91 Å². The standard InChI is InChI=1S/C21H28N2O/c1-4-17-10-12-18(13-11-17)14-15-21(24)22-16-20(23(2)3)19-8-6-5-7-9-19/h5-13,20H,4,14-16H2,1-3H3,(H,22,24). The van der Waals surface area contributed by atoms with Crippen LogP contribution in [-0.4, -0.2) is 31.4 Å². The fourth-order valence-corrected chi connectivity index (χ4v) is 2.77. The summed E-state index contributed by atoms with van der Waals surface area (Å²) in [6.45, 7) is 2.78. The minimum atomic E-state index is 0.109. The molecular formula is C21H28N2O. The predicted octanol–water partition coefficient (Wildman–Crippen LogP) is 3.60. The summed E-state index contributed by atoms with van der Waals surface area (Å²) < 4.78 is 0. The number of carbonyl (C=O) groups is 1. The minimum Gasteiger partial charge on any atom is -0.354 e. The quantitative estimate of drug-likeness (QED) is 0.804. The molecule has 0 saturated heterocycles. The number of nitrogens with one attached hydrogen (secondary N) is 1. The average Bonchev–Trinajstić information content (AvgIpc) is 2.61. The number of amides is 1. The van der Waals surface area contributed by atoms with Gasteiger partial charge in [0.05, 0.1) is 6.04 Å². The van der Waals surface area contributed by atoms with Gasteiger partial charge in [-0.25, -0.2) is 0 Å². The highest BCUT2D eigenvalue weighted by Crippen LogP contribution is 2.16. The Bertz CT molecular complexity index is 620. The van der Waals surface area contributed by atoms with E-state index < -0.39 is 0 Å². The van der Waals surface area contributed by atoms with Gasteiger partial charge in [0.1, 0.15) is 0 Å². The van der Waals surface area contributed by atoms with E-state index in [1.54, 1.807) is 0 Å². The molecule has 3 heteroatoms. The smallest absolute Gasteiger partial charge is 0.220 e. The molecular weight excluding hydrogens is 296 g/mol. The van der Waals surface area contributed by atoms with Crippen molar-refractivity contribution in [2.24, 2.45) is 0 Å². The Kier molecular flexibility index (Phi) is 7.01. The zero-order valence-corrected chi connectivity index (χ0v) is 15.0. The molecule has 1 amide bonds. The van der Waals surface area contributed by atoms with Crippen LogP contribution in [0.3, 0.4) is 0 Å². The Balaban J connectivity index is 1.82. The van der Waals surface area contributed by atoms with Gasteiger partial charge in [0.25, 0.3) is 0 Å². The fraction of sp³-hybridized carbons (Fsp3) is 0.381. The third-order valence-corrected chi connectivity index (χ3v) is 4.37. The summed E-state index contributed by atoms with van der Waals surface area (Å²) in [5.74, 6) is 0.109. The van der Waals surface area contributed by atoms with Crippen molar-refractivity contribution in [3.8, 4) is 0 Å². The molecule has 0 fully saturated rings. The van der Waals surface area contributed by atoms with Crippen LogP contribution in [0.25, 0.3) is 0 Å². The molecule has 2 aromatic carbocycles. The van der Waals surface area contributed by atoms with Crippen LogP contribution in [0.4, 0.5) is 0 Å². The van der Waals surface area contributed by atoms with Crippen molar-refractivity contribution in [3.63, 3.8) is 0 Å².